The maximum absolute atomic E-state index is 11.1. The Morgan fingerprint density at radius 1 is 1.50 bits per heavy atom. The predicted octanol–water partition coefficient (Wildman–Crippen LogP) is 2.81. The Labute approximate surface area is 137 Å². The number of hydrogen-bond acceptors (Lipinski definition) is 5. The Balaban J connectivity index is 2.18. The van der Waals surface area contributed by atoms with Crippen LogP contribution in [-0.2, 0) is 7.05 Å². The monoisotopic (exact) mass is 367 g/mol. The molecule has 0 bridgehead atoms. The highest BCUT2D eigenvalue weighted by atomic mass is 79.9. The van der Waals surface area contributed by atoms with Crippen LogP contribution in [0.15, 0.2) is 35.1 Å². The molecule has 1 heterocycles. The number of rotatable bonds is 6. The van der Waals surface area contributed by atoms with Gasteiger partial charge in [-0.2, -0.15) is 5.10 Å². The van der Waals surface area contributed by atoms with Gasteiger partial charge >= 0.3 is 0 Å². The minimum absolute atomic E-state index is 0.0538. The van der Waals surface area contributed by atoms with Crippen molar-refractivity contribution in [3.63, 3.8) is 0 Å². The summed E-state index contributed by atoms with van der Waals surface area (Å²) in [6, 6.07) is 5.05. The maximum Gasteiger partial charge on any atom is 0.293 e. The lowest BCUT2D eigenvalue weighted by atomic mass is 10.1. The number of aryl methyl sites for hydroxylation is 1. The van der Waals surface area contributed by atoms with Gasteiger partial charge in [0, 0.05) is 35.9 Å². The van der Waals surface area contributed by atoms with Crippen LogP contribution in [0.4, 0.5) is 11.4 Å². The van der Waals surface area contributed by atoms with Crippen molar-refractivity contribution in [2.75, 3.05) is 26.0 Å². The minimum atomic E-state index is -0.387. The Morgan fingerprint density at radius 2 is 2.23 bits per heavy atom. The lowest BCUT2D eigenvalue weighted by Crippen LogP contribution is -2.26. The third-order valence-electron chi connectivity index (χ3n) is 3.38. The van der Waals surface area contributed by atoms with E-state index in [1.54, 1.807) is 16.8 Å². The summed E-state index contributed by atoms with van der Waals surface area (Å²) in [7, 11) is 5.80. The zero-order chi connectivity index (χ0) is 16.3. The summed E-state index contributed by atoms with van der Waals surface area (Å²) in [5.41, 5.74) is 1.61. The van der Waals surface area contributed by atoms with E-state index in [0.29, 0.717) is 16.7 Å². The lowest BCUT2D eigenvalue weighted by Gasteiger charge is -2.24. The molecule has 1 N–H and O–H groups in total. The van der Waals surface area contributed by atoms with Gasteiger partial charge < -0.3 is 10.2 Å². The molecule has 0 saturated heterocycles. The Morgan fingerprint density at radius 3 is 2.77 bits per heavy atom. The summed E-state index contributed by atoms with van der Waals surface area (Å²) in [6.45, 7) is 0.543. The van der Waals surface area contributed by atoms with E-state index in [-0.39, 0.29) is 16.7 Å². The van der Waals surface area contributed by atoms with Gasteiger partial charge in [-0.15, -0.1) is 0 Å². The van der Waals surface area contributed by atoms with Gasteiger partial charge in [-0.1, -0.05) is 15.9 Å². The molecule has 1 atom stereocenters. The van der Waals surface area contributed by atoms with Crippen LogP contribution in [0.3, 0.4) is 0 Å². The molecule has 1 aromatic heterocycles. The molecular formula is C14H18BrN5O2. The van der Waals surface area contributed by atoms with Crippen molar-refractivity contribution in [2.24, 2.45) is 7.05 Å². The molecule has 2 rings (SSSR count). The van der Waals surface area contributed by atoms with Crippen molar-refractivity contribution < 1.29 is 4.92 Å². The molecule has 22 heavy (non-hydrogen) atoms. The molecule has 1 aromatic carbocycles. The first-order valence-electron chi connectivity index (χ1n) is 6.71. The van der Waals surface area contributed by atoms with E-state index >= 15 is 0 Å². The molecule has 0 radical (unpaired) electrons. The van der Waals surface area contributed by atoms with Crippen LogP contribution in [-0.4, -0.2) is 40.2 Å². The van der Waals surface area contributed by atoms with Gasteiger partial charge in [0.05, 0.1) is 17.2 Å². The molecule has 0 aliphatic heterocycles. The molecule has 0 spiro atoms. The number of aromatic nitrogens is 2. The molecule has 7 nitrogen and oxygen atoms in total. The van der Waals surface area contributed by atoms with Crippen LogP contribution in [0.5, 0.6) is 0 Å². The van der Waals surface area contributed by atoms with Crippen molar-refractivity contribution in [1.29, 1.82) is 0 Å². The smallest absolute Gasteiger partial charge is 0.293 e. The van der Waals surface area contributed by atoms with E-state index in [1.807, 2.05) is 33.5 Å². The minimum Gasteiger partial charge on any atom is -0.378 e. The highest BCUT2D eigenvalue weighted by molar-refractivity contribution is 9.10. The number of nitrogens with one attached hydrogen (secondary N) is 1. The number of anilines is 1. The van der Waals surface area contributed by atoms with Gasteiger partial charge in [-0.05, 0) is 26.2 Å². The lowest BCUT2D eigenvalue weighted by molar-refractivity contribution is -0.384. The molecule has 118 valence electrons. The number of benzene rings is 1. The first-order valence-corrected chi connectivity index (χ1v) is 7.50. The standard InChI is InChI=1S/C14H18BrN5O2/c1-18(2)14(10-7-17-19(3)9-10)8-16-12-5-4-11(15)6-13(12)20(21)22/h4-7,9,14,16H,8H2,1-3H3. The molecule has 8 heteroatoms. The molecule has 1 unspecified atom stereocenters. The summed E-state index contributed by atoms with van der Waals surface area (Å²) < 4.78 is 2.43. The third-order valence-corrected chi connectivity index (χ3v) is 3.87. The van der Waals surface area contributed by atoms with Crippen molar-refractivity contribution in [1.82, 2.24) is 14.7 Å². The second-order valence-corrected chi connectivity index (χ2v) is 6.14. The van der Waals surface area contributed by atoms with Crippen LogP contribution in [0.25, 0.3) is 0 Å². The number of nitro benzene ring substituents is 1. The highest BCUT2D eigenvalue weighted by Gasteiger charge is 2.19. The highest BCUT2D eigenvalue weighted by Crippen LogP contribution is 2.29. The third kappa shape index (κ3) is 3.83. The fourth-order valence-corrected chi connectivity index (χ4v) is 2.57. The Hall–Kier alpha value is -1.93. The van der Waals surface area contributed by atoms with Crippen LogP contribution in [0, 0.1) is 10.1 Å². The summed E-state index contributed by atoms with van der Waals surface area (Å²) in [4.78, 5) is 12.8. The normalized spacial score (nSPS) is 12.4. The summed E-state index contributed by atoms with van der Waals surface area (Å²) in [5.74, 6) is 0. The van der Waals surface area contributed by atoms with Crippen LogP contribution >= 0.6 is 15.9 Å². The van der Waals surface area contributed by atoms with Crippen LogP contribution < -0.4 is 5.32 Å². The van der Waals surface area contributed by atoms with Crippen molar-refractivity contribution >= 4 is 27.3 Å². The molecule has 0 aliphatic carbocycles. The topological polar surface area (TPSA) is 76.2 Å². The summed E-state index contributed by atoms with van der Waals surface area (Å²) in [5, 5.41) is 18.5. The predicted molar refractivity (Wildman–Crippen MR) is 88.9 cm³/mol. The summed E-state index contributed by atoms with van der Waals surface area (Å²) >= 11 is 3.26. The number of nitrogens with zero attached hydrogens (tertiary/aromatic N) is 4. The van der Waals surface area contributed by atoms with Crippen LogP contribution in [0.1, 0.15) is 11.6 Å². The summed E-state index contributed by atoms with van der Waals surface area (Å²) in [6.07, 6.45) is 3.75. The SMILES string of the molecule is CN(C)C(CNc1ccc(Br)cc1[N+](=O)[O-])c1cnn(C)c1. The fourth-order valence-electron chi connectivity index (χ4n) is 2.22. The zero-order valence-electron chi connectivity index (χ0n) is 12.7. The zero-order valence-corrected chi connectivity index (χ0v) is 14.2. The number of likely N-dealkylation sites (N-methyl/N-ethyl adjacent to an activating group) is 1. The van der Waals surface area contributed by atoms with E-state index in [4.69, 9.17) is 0 Å². The average Bonchev–Trinajstić information content (AvgIpc) is 2.86. The van der Waals surface area contributed by atoms with Crippen molar-refractivity contribution in [3.8, 4) is 0 Å². The first kappa shape index (κ1) is 16.4. The first-order chi connectivity index (χ1) is 10.4. The van der Waals surface area contributed by atoms with E-state index < -0.39 is 0 Å². The number of hydrogen-bond donors (Lipinski definition) is 1. The molecule has 0 aliphatic rings. The van der Waals surface area contributed by atoms with E-state index in [9.17, 15) is 10.1 Å². The van der Waals surface area contributed by atoms with Gasteiger partial charge in [0.25, 0.3) is 5.69 Å². The van der Waals surface area contributed by atoms with Crippen molar-refractivity contribution in [3.05, 3.63) is 50.7 Å². The van der Waals surface area contributed by atoms with Gasteiger partial charge in [0.15, 0.2) is 0 Å². The van der Waals surface area contributed by atoms with Crippen LogP contribution in [0.2, 0.25) is 0 Å². The molecule has 2 aromatic rings. The van der Waals surface area contributed by atoms with Gasteiger partial charge in [0.1, 0.15) is 5.69 Å². The quantitative estimate of drug-likeness (QED) is 0.627. The molecule has 0 amide bonds. The molecular weight excluding hydrogens is 350 g/mol. The Kier molecular flexibility index (Phi) is 5.15. The van der Waals surface area contributed by atoms with Gasteiger partial charge in [-0.3, -0.25) is 14.8 Å². The average molecular weight is 368 g/mol. The molecule has 0 saturated carbocycles. The second kappa shape index (κ2) is 6.89. The fraction of sp³-hybridized carbons (Fsp3) is 0.357. The number of nitro groups is 1. The van der Waals surface area contributed by atoms with Gasteiger partial charge in [-0.25, -0.2) is 0 Å². The Bertz CT molecular complexity index is 671. The van der Waals surface area contributed by atoms with E-state index in [0.717, 1.165) is 5.56 Å². The maximum atomic E-state index is 11.1. The van der Waals surface area contributed by atoms with E-state index in [2.05, 4.69) is 31.2 Å². The molecule has 0 fully saturated rings. The second-order valence-electron chi connectivity index (χ2n) is 5.23. The largest absolute Gasteiger partial charge is 0.378 e. The van der Waals surface area contributed by atoms with E-state index in [1.165, 1.54) is 6.07 Å². The van der Waals surface area contributed by atoms with Crippen molar-refractivity contribution in [2.45, 2.75) is 6.04 Å². The number of halogens is 1. The van der Waals surface area contributed by atoms with Gasteiger partial charge in [0.2, 0.25) is 0 Å².